The molecule has 0 bridgehead atoms. The molecule has 0 rings (SSSR count). The quantitative estimate of drug-likeness (QED) is 0.0487. The number of carbonyl (C=O) groups is 1. The van der Waals surface area contributed by atoms with Crippen LogP contribution in [0.3, 0.4) is 0 Å². The van der Waals surface area contributed by atoms with Crippen LogP contribution in [0, 0.1) is 0 Å². The van der Waals surface area contributed by atoms with E-state index >= 15 is 0 Å². The number of unbranched alkanes of at least 4 members (excludes halogenated alkanes) is 37. The van der Waals surface area contributed by atoms with E-state index in [2.05, 4.69) is 40.1 Å². The van der Waals surface area contributed by atoms with Gasteiger partial charge in [-0.1, -0.05) is 290 Å². The zero-order valence-corrected chi connectivity index (χ0v) is 45.3. The van der Waals surface area contributed by atoms with Crippen LogP contribution >= 0.6 is 11.8 Å². The molecular formula is C56H115NO3SSi. The number of hydrogen-bond donors (Lipinski definition) is 1. The number of thioether (sulfide) groups is 1. The van der Waals surface area contributed by atoms with Gasteiger partial charge in [0, 0.05) is 24.3 Å². The average Bonchev–Trinajstić information content (AvgIpc) is 3.28. The van der Waals surface area contributed by atoms with E-state index < -0.39 is 9.28 Å². The van der Waals surface area contributed by atoms with Crippen LogP contribution in [0.25, 0.3) is 0 Å². The lowest BCUT2D eigenvalue weighted by Crippen LogP contribution is -2.49. The molecule has 0 aliphatic rings. The van der Waals surface area contributed by atoms with E-state index in [0.717, 1.165) is 50.7 Å². The first-order valence-electron chi connectivity index (χ1n) is 28.6. The molecule has 0 aromatic heterocycles. The number of nitrogens with one attached hydrogen (secondary N) is 1. The number of likely N-dealkylation sites (N-methyl/N-ethyl adjacent to an activating group) is 1. The van der Waals surface area contributed by atoms with E-state index in [1.165, 1.54) is 263 Å². The first-order chi connectivity index (χ1) is 30.6. The Morgan fingerprint density at radius 1 is 0.419 bits per heavy atom. The molecule has 0 aromatic carbocycles. The van der Waals surface area contributed by atoms with E-state index in [9.17, 15) is 4.79 Å². The highest BCUT2D eigenvalue weighted by molar-refractivity contribution is 8.13. The summed E-state index contributed by atoms with van der Waals surface area (Å²) in [6.45, 7) is 10.8. The minimum atomic E-state index is -1.84. The van der Waals surface area contributed by atoms with Crippen LogP contribution in [-0.2, 0) is 13.6 Å². The third-order valence-corrected chi connectivity index (χ3v) is 16.8. The molecule has 0 saturated heterocycles. The van der Waals surface area contributed by atoms with Gasteiger partial charge >= 0.3 is 9.28 Å². The lowest BCUT2D eigenvalue weighted by molar-refractivity contribution is -0.111. The predicted octanol–water partition coefficient (Wildman–Crippen LogP) is 19.1. The Bertz CT molecular complexity index is 829. The van der Waals surface area contributed by atoms with Crippen molar-refractivity contribution in [2.75, 3.05) is 26.0 Å². The largest absolute Gasteiger partial charge is 0.397 e. The van der Waals surface area contributed by atoms with E-state index in [0.29, 0.717) is 5.12 Å². The molecule has 4 nitrogen and oxygen atoms in total. The smallest absolute Gasteiger partial charge is 0.321 e. The first-order valence-corrected chi connectivity index (χ1v) is 31.4. The van der Waals surface area contributed by atoms with E-state index in [1.54, 1.807) is 11.8 Å². The fourth-order valence-electron chi connectivity index (χ4n) is 9.21. The summed E-state index contributed by atoms with van der Waals surface area (Å²) in [5.74, 6) is 0.914. The standard InChI is InChI=1S/C56H115NO3SSi/c1-6-10-14-18-21-24-26-28-30-32-34-36-40-44-49-56(57-5,50-45-41-37-35-33-31-29-27-25-22-19-15-11-7-2)54-60-62(59-51-46-42-38-23-20-16-12-8-3)53-47-52-61-55(58)48-43-39-17-13-9-4/h57,62H,6-54H2,1-5H3. The van der Waals surface area contributed by atoms with E-state index in [4.69, 9.17) is 8.85 Å². The van der Waals surface area contributed by atoms with Crippen molar-refractivity contribution in [3.8, 4) is 0 Å². The molecule has 6 heteroatoms. The maximum Gasteiger partial charge on any atom is 0.321 e. The topological polar surface area (TPSA) is 47.6 Å². The fraction of sp³-hybridized carbons (Fsp3) is 0.982. The van der Waals surface area contributed by atoms with Crippen LogP contribution in [-0.4, -0.2) is 46.0 Å². The maximum atomic E-state index is 12.6. The summed E-state index contributed by atoms with van der Waals surface area (Å²) in [7, 11) is 0.369. The molecule has 1 unspecified atom stereocenters. The van der Waals surface area contributed by atoms with E-state index in [1.807, 2.05) is 0 Å². The van der Waals surface area contributed by atoms with Crippen molar-refractivity contribution < 1.29 is 13.6 Å². The van der Waals surface area contributed by atoms with Crippen LogP contribution < -0.4 is 5.32 Å². The Labute approximate surface area is 397 Å². The lowest BCUT2D eigenvalue weighted by Gasteiger charge is -2.35. The molecule has 0 saturated carbocycles. The Morgan fingerprint density at radius 2 is 0.742 bits per heavy atom. The molecule has 1 atom stereocenters. The van der Waals surface area contributed by atoms with Crippen molar-refractivity contribution in [2.24, 2.45) is 0 Å². The molecule has 0 amide bonds. The van der Waals surface area contributed by atoms with Crippen molar-refractivity contribution in [1.82, 2.24) is 5.32 Å². The van der Waals surface area contributed by atoms with Gasteiger partial charge in [0.05, 0.1) is 6.61 Å². The molecule has 0 fully saturated rings. The molecule has 0 spiro atoms. The molecule has 0 heterocycles. The van der Waals surface area contributed by atoms with Gasteiger partial charge in [-0.05, 0) is 45.2 Å². The van der Waals surface area contributed by atoms with Gasteiger partial charge in [0.1, 0.15) is 0 Å². The Hall–Kier alpha value is 0.117. The van der Waals surface area contributed by atoms with Crippen molar-refractivity contribution in [2.45, 2.75) is 328 Å². The third-order valence-electron chi connectivity index (χ3n) is 13.7. The van der Waals surface area contributed by atoms with Gasteiger partial charge in [0.2, 0.25) is 0 Å². The maximum absolute atomic E-state index is 12.6. The highest BCUT2D eigenvalue weighted by Crippen LogP contribution is 2.26. The molecule has 0 radical (unpaired) electrons. The minimum absolute atomic E-state index is 0.0455. The molecule has 0 aliphatic carbocycles. The SMILES string of the molecule is CCCCCCCCCCCCCCCCC(CCCCCCCCCCCCCCCC)(CO[SiH](CCCSC(=O)CCCCCCC)OCCCCCCCCCC)NC. The second-order valence-electron chi connectivity index (χ2n) is 19.8. The lowest BCUT2D eigenvalue weighted by atomic mass is 9.87. The van der Waals surface area contributed by atoms with Gasteiger partial charge in [0.15, 0.2) is 5.12 Å². The Kier molecular flexibility index (Phi) is 52.2. The van der Waals surface area contributed by atoms with Crippen molar-refractivity contribution in [3.63, 3.8) is 0 Å². The van der Waals surface area contributed by atoms with Gasteiger partial charge in [-0.25, -0.2) is 0 Å². The van der Waals surface area contributed by atoms with Crippen molar-refractivity contribution in [1.29, 1.82) is 0 Å². The van der Waals surface area contributed by atoms with E-state index in [-0.39, 0.29) is 5.54 Å². The highest BCUT2D eigenvalue weighted by atomic mass is 32.2. The Balaban J connectivity index is 5.05. The van der Waals surface area contributed by atoms with Gasteiger partial charge in [-0.15, -0.1) is 0 Å². The van der Waals surface area contributed by atoms with Crippen LogP contribution in [0.5, 0.6) is 0 Å². The fourth-order valence-corrected chi connectivity index (χ4v) is 12.2. The zero-order valence-electron chi connectivity index (χ0n) is 43.4. The average molecular weight is 911 g/mol. The highest BCUT2D eigenvalue weighted by Gasteiger charge is 2.29. The summed E-state index contributed by atoms with van der Waals surface area (Å²) >= 11 is 1.57. The zero-order chi connectivity index (χ0) is 45.1. The molecule has 0 aliphatic heterocycles. The molecule has 62 heavy (non-hydrogen) atoms. The summed E-state index contributed by atoms with van der Waals surface area (Å²) < 4.78 is 13.7. The summed E-state index contributed by atoms with van der Waals surface area (Å²) in [5.41, 5.74) is 0.0455. The summed E-state index contributed by atoms with van der Waals surface area (Å²) in [5, 5.41) is 4.26. The Morgan fingerprint density at radius 3 is 1.10 bits per heavy atom. The normalized spacial score (nSPS) is 12.5. The minimum Gasteiger partial charge on any atom is -0.397 e. The van der Waals surface area contributed by atoms with Crippen molar-refractivity contribution in [3.05, 3.63) is 0 Å². The summed E-state index contributed by atoms with van der Waals surface area (Å²) in [4.78, 5) is 12.6. The summed E-state index contributed by atoms with van der Waals surface area (Å²) in [6.07, 6.45) is 60.3. The monoisotopic (exact) mass is 910 g/mol. The third kappa shape index (κ3) is 45.3. The number of rotatable bonds is 54. The van der Waals surface area contributed by atoms with Crippen LogP contribution in [0.4, 0.5) is 0 Å². The molecule has 372 valence electrons. The van der Waals surface area contributed by atoms with Gasteiger partial charge in [-0.2, -0.15) is 0 Å². The number of hydrogen-bond acceptors (Lipinski definition) is 5. The second-order valence-corrected chi connectivity index (χ2v) is 23.1. The molecule has 0 aromatic rings. The van der Waals surface area contributed by atoms with Crippen LogP contribution in [0.15, 0.2) is 0 Å². The van der Waals surface area contributed by atoms with Gasteiger partial charge in [-0.3, -0.25) is 4.79 Å². The van der Waals surface area contributed by atoms with Crippen LogP contribution in [0.2, 0.25) is 6.04 Å². The second kappa shape index (κ2) is 52.1. The van der Waals surface area contributed by atoms with Crippen molar-refractivity contribution >= 4 is 26.2 Å². The predicted molar refractivity (Wildman–Crippen MR) is 284 cm³/mol. The van der Waals surface area contributed by atoms with Gasteiger partial charge in [0.25, 0.3) is 0 Å². The summed E-state index contributed by atoms with van der Waals surface area (Å²) in [6, 6.07) is 1.02. The van der Waals surface area contributed by atoms with Gasteiger partial charge < -0.3 is 14.2 Å². The first kappa shape index (κ1) is 62.1. The molecule has 1 N–H and O–H groups in total. The number of carbonyl (C=O) groups excluding carboxylic acids is 1. The molecular weight excluding hydrogens is 795 g/mol. The van der Waals surface area contributed by atoms with Crippen LogP contribution in [0.1, 0.15) is 317 Å².